The molecule has 1 aromatic heterocycles. The molecule has 3 nitrogen and oxygen atoms in total. The average molecular weight is 261 g/mol. The lowest BCUT2D eigenvalue weighted by molar-refractivity contribution is 0.878. The number of aromatic nitrogens is 2. The number of hydrogen-bond donors (Lipinski definition) is 1. The summed E-state index contributed by atoms with van der Waals surface area (Å²) in [6, 6.07) is 4.42. The second-order valence-electron chi connectivity index (χ2n) is 4.46. The first-order valence-corrected chi connectivity index (χ1v) is 7.06. The standard InChI is InChI=1S/C14H19N3S/c1-10-8-11(2)13(12(3)9-10)17-6-5-16-14(17)18-7-4-15/h5-6,8-9H,4,7,15H2,1-3H3. The molecule has 1 heterocycles. The topological polar surface area (TPSA) is 43.8 Å². The largest absolute Gasteiger partial charge is 0.330 e. The lowest BCUT2D eigenvalue weighted by atomic mass is 10.1. The molecule has 0 saturated carbocycles. The highest BCUT2D eigenvalue weighted by molar-refractivity contribution is 7.99. The van der Waals surface area contributed by atoms with Gasteiger partial charge in [0.15, 0.2) is 5.16 Å². The Morgan fingerprint density at radius 2 is 1.89 bits per heavy atom. The summed E-state index contributed by atoms with van der Waals surface area (Å²) in [6.07, 6.45) is 3.86. The normalized spacial score (nSPS) is 10.9. The number of nitrogens with two attached hydrogens (primary N) is 1. The smallest absolute Gasteiger partial charge is 0.172 e. The maximum absolute atomic E-state index is 5.56. The van der Waals surface area contributed by atoms with Gasteiger partial charge in [0.05, 0.1) is 5.69 Å². The van der Waals surface area contributed by atoms with E-state index in [1.165, 1.54) is 22.4 Å². The molecule has 0 radical (unpaired) electrons. The van der Waals surface area contributed by atoms with Crippen LogP contribution in [-0.4, -0.2) is 21.8 Å². The van der Waals surface area contributed by atoms with Crippen LogP contribution in [0.25, 0.3) is 5.69 Å². The Labute approximate surface area is 112 Å². The van der Waals surface area contributed by atoms with Gasteiger partial charge in [0.1, 0.15) is 0 Å². The third-order valence-corrected chi connectivity index (χ3v) is 3.83. The van der Waals surface area contributed by atoms with Gasteiger partial charge in [-0.3, -0.25) is 4.57 Å². The van der Waals surface area contributed by atoms with Crippen molar-refractivity contribution in [3.8, 4) is 5.69 Å². The number of thioether (sulfide) groups is 1. The van der Waals surface area contributed by atoms with Crippen LogP contribution in [0.1, 0.15) is 16.7 Å². The van der Waals surface area contributed by atoms with Gasteiger partial charge < -0.3 is 5.73 Å². The third-order valence-electron chi connectivity index (χ3n) is 2.83. The van der Waals surface area contributed by atoms with Crippen molar-refractivity contribution < 1.29 is 0 Å². The van der Waals surface area contributed by atoms with E-state index in [-0.39, 0.29) is 0 Å². The summed E-state index contributed by atoms with van der Waals surface area (Å²) in [4.78, 5) is 4.41. The Balaban J connectivity index is 2.46. The van der Waals surface area contributed by atoms with Crippen LogP contribution in [0.15, 0.2) is 29.7 Å². The molecule has 0 aliphatic heterocycles. The molecule has 0 spiro atoms. The summed E-state index contributed by atoms with van der Waals surface area (Å²) in [5, 5.41) is 1.01. The first kappa shape index (κ1) is 13.2. The molecule has 18 heavy (non-hydrogen) atoms. The lowest BCUT2D eigenvalue weighted by Gasteiger charge is -2.14. The zero-order valence-corrected chi connectivity index (χ0v) is 11.9. The first-order chi connectivity index (χ1) is 8.63. The Bertz CT molecular complexity index is 523. The van der Waals surface area contributed by atoms with Gasteiger partial charge >= 0.3 is 0 Å². The Kier molecular flexibility index (Phi) is 4.09. The van der Waals surface area contributed by atoms with Gasteiger partial charge in [0.25, 0.3) is 0 Å². The molecule has 96 valence electrons. The number of rotatable bonds is 4. The van der Waals surface area contributed by atoms with Crippen molar-refractivity contribution in [1.29, 1.82) is 0 Å². The maximum atomic E-state index is 5.56. The van der Waals surface area contributed by atoms with Crippen molar-refractivity contribution in [3.05, 3.63) is 41.2 Å². The van der Waals surface area contributed by atoms with E-state index >= 15 is 0 Å². The summed E-state index contributed by atoms with van der Waals surface area (Å²) < 4.78 is 2.16. The number of benzene rings is 1. The molecular formula is C14H19N3S. The molecule has 0 unspecified atom stereocenters. The summed E-state index contributed by atoms with van der Waals surface area (Å²) >= 11 is 1.70. The highest BCUT2D eigenvalue weighted by Crippen LogP contribution is 2.26. The fourth-order valence-electron chi connectivity index (χ4n) is 2.27. The second kappa shape index (κ2) is 5.59. The number of imidazole rings is 1. The van der Waals surface area contributed by atoms with Crippen LogP contribution in [0.2, 0.25) is 0 Å². The van der Waals surface area contributed by atoms with E-state index in [0.29, 0.717) is 6.54 Å². The van der Waals surface area contributed by atoms with E-state index in [1.807, 2.05) is 12.4 Å². The Morgan fingerprint density at radius 1 is 1.22 bits per heavy atom. The zero-order chi connectivity index (χ0) is 13.1. The lowest BCUT2D eigenvalue weighted by Crippen LogP contribution is -2.05. The molecular weight excluding hydrogens is 242 g/mol. The van der Waals surface area contributed by atoms with Gasteiger partial charge in [-0.1, -0.05) is 29.5 Å². The van der Waals surface area contributed by atoms with Crippen molar-refractivity contribution in [2.24, 2.45) is 5.73 Å². The van der Waals surface area contributed by atoms with Crippen LogP contribution in [0, 0.1) is 20.8 Å². The zero-order valence-electron chi connectivity index (χ0n) is 11.1. The molecule has 1 aromatic carbocycles. The van der Waals surface area contributed by atoms with Crippen molar-refractivity contribution in [3.63, 3.8) is 0 Å². The van der Waals surface area contributed by atoms with Gasteiger partial charge in [0.2, 0.25) is 0 Å². The molecule has 0 aliphatic rings. The van der Waals surface area contributed by atoms with Gasteiger partial charge in [-0.15, -0.1) is 0 Å². The fraction of sp³-hybridized carbons (Fsp3) is 0.357. The number of hydrogen-bond acceptors (Lipinski definition) is 3. The van der Waals surface area contributed by atoms with Crippen molar-refractivity contribution in [1.82, 2.24) is 9.55 Å². The predicted molar refractivity (Wildman–Crippen MR) is 77.6 cm³/mol. The quantitative estimate of drug-likeness (QED) is 0.861. The maximum Gasteiger partial charge on any atom is 0.172 e. The van der Waals surface area contributed by atoms with E-state index in [0.717, 1.165) is 10.9 Å². The van der Waals surface area contributed by atoms with Gasteiger partial charge in [-0.05, 0) is 31.9 Å². The van der Waals surface area contributed by atoms with Gasteiger partial charge in [-0.2, -0.15) is 0 Å². The van der Waals surface area contributed by atoms with Crippen LogP contribution in [0.4, 0.5) is 0 Å². The summed E-state index contributed by atoms with van der Waals surface area (Å²) in [6.45, 7) is 7.09. The summed E-state index contributed by atoms with van der Waals surface area (Å²) in [7, 11) is 0. The van der Waals surface area contributed by atoms with Gasteiger partial charge in [0, 0.05) is 24.7 Å². The van der Waals surface area contributed by atoms with E-state index in [1.54, 1.807) is 11.8 Å². The Hall–Kier alpha value is -1.26. The van der Waals surface area contributed by atoms with Crippen LogP contribution >= 0.6 is 11.8 Å². The molecule has 0 atom stereocenters. The van der Waals surface area contributed by atoms with Crippen LogP contribution < -0.4 is 5.73 Å². The minimum absolute atomic E-state index is 0.670. The minimum Gasteiger partial charge on any atom is -0.330 e. The molecule has 0 aliphatic carbocycles. The predicted octanol–water partition coefficient (Wildman–Crippen LogP) is 2.85. The van der Waals surface area contributed by atoms with Crippen molar-refractivity contribution in [2.45, 2.75) is 25.9 Å². The second-order valence-corrected chi connectivity index (χ2v) is 5.53. The highest BCUT2D eigenvalue weighted by atomic mass is 32.2. The minimum atomic E-state index is 0.670. The third kappa shape index (κ3) is 2.60. The van der Waals surface area contributed by atoms with E-state index < -0.39 is 0 Å². The molecule has 0 fully saturated rings. The molecule has 2 N–H and O–H groups in total. The SMILES string of the molecule is Cc1cc(C)c(-n2ccnc2SCCN)c(C)c1. The van der Waals surface area contributed by atoms with Crippen LogP contribution in [0.3, 0.4) is 0 Å². The highest BCUT2D eigenvalue weighted by Gasteiger charge is 2.10. The fourth-order valence-corrected chi connectivity index (χ4v) is 3.00. The molecule has 2 aromatic rings. The average Bonchev–Trinajstić information content (AvgIpc) is 2.73. The van der Waals surface area contributed by atoms with E-state index in [4.69, 9.17) is 5.73 Å². The summed E-state index contributed by atoms with van der Waals surface area (Å²) in [5.41, 5.74) is 10.6. The monoisotopic (exact) mass is 261 g/mol. The van der Waals surface area contributed by atoms with Crippen molar-refractivity contribution in [2.75, 3.05) is 12.3 Å². The van der Waals surface area contributed by atoms with Crippen LogP contribution in [-0.2, 0) is 0 Å². The van der Waals surface area contributed by atoms with Gasteiger partial charge in [-0.25, -0.2) is 4.98 Å². The molecule has 0 saturated heterocycles. The van der Waals surface area contributed by atoms with Crippen molar-refractivity contribution >= 4 is 11.8 Å². The molecule has 4 heteroatoms. The molecule has 0 amide bonds. The van der Waals surface area contributed by atoms with Crippen LogP contribution in [0.5, 0.6) is 0 Å². The van der Waals surface area contributed by atoms with E-state index in [2.05, 4.69) is 42.5 Å². The number of aryl methyl sites for hydroxylation is 3. The summed E-state index contributed by atoms with van der Waals surface area (Å²) in [5.74, 6) is 0.890. The van der Waals surface area contributed by atoms with E-state index in [9.17, 15) is 0 Å². The first-order valence-electron chi connectivity index (χ1n) is 6.08. The Morgan fingerprint density at radius 3 is 2.50 bits per heavy atom. The molecule has 0 bridgehead atoms. The molecule has 2 rings (SSSR count). The number of nitrogens with zero attached hydrogens (tertiary/aromatic N) is 2.